The van der Waals surface area contributed by atoms with E-state index in [1.165, 1.54) is 19.2 Å². The number of amides is 1. The molecule has 7 nitrogen and oxygen atoms in total. The van der Waals surface area contributed by atoms with Crippen molar-refractivity contribution in [1.29, 1.82) is 0 Å². The van der Waals surface area contributed by atoms with Gasteiger partial charge in [-0.2, -0.15) is 0 Å². The lowest BCUT2D eigenvalue weighted by atomic mass is 10.1. The number of hydrogen-bond acceptors (Lipinski definition) is 5. The lowest BCUT2D eigenvalue weighted by molar-refractivity contribution is -0.116. The largest absolute Gasteiger partial charge is 0.493 e. The highest BCUT2D eigenvalue weighted by Gasteiger charge is 2.13. The second-order valence-electron chi connectivity index (χ2n) is 5.43. The first-order valence-electron chi connectivity index (χ1n) is 7.94. The van der Waals surface area contributed by atoms with E-state index >= 15 is 0 Å². The van der Waals surface area contributed by atoms with Gasteiger partial charge in [-0.1, -0.05) is 12.1 Å². The molecular formula is C18H22N2O5S. The molecule has 0 fully saturated rings. The molecule has 2 rings (SSSR count). The molecule has 2 aromatic rings. The van der Waals surface area contributed by atoms with E-state index in [2.05, 4.69) is 10.0 Å². The minimum absolute atomic E-state index is 0.138. The molecule has 0 bridgehead atoms. The Hall–Kier alpha value is -2.58. The van der Waals surface area contributed by atoms with E-state index in [1.54, 1.807) is 32.4 Å². The van der Waals surface area contributed by atoms with Gasteiger partial charge in [0.25, 0.3) is 0 Å². The second kappa shape index (κ2) is 8.68. The first kappa shape index (κ1) is 19.7. The summed E-state index contributed by atoms with van der Waals surface area (Å²) in [5.74, 6) is 1.05. The van der Waals surface area contributed by atoms with Crippen LogP contribution >= 0.6 is 0 Å². The molecule has 0 radical (unpaired) electrons. The average molecular weight is 378 g/mol. The highest BCUT2D eigenvalue weighted by molar-refractivity contribution is 7.89. The van der Waals surface area contributed by atoms with E-state index in [0.717, 1.165) is 5.56 Å². The number of ether oxygens (including phenoxy) is 2. The van der Waals surface area contributed by atoms with Crippen LogP contribution < -0.4 is 19.5 Å². The molecule has 0 spiro atoms. The third kappa shape index (κ3) is 4.74. The highest BCUT2D eigenvalue weighted by atomic mass is 32.2. The highest BCUT2D eigenvalue weighted by Crippen LogP contribution is 2.31. The Morgan fingerprint density at radius 3 is 2.31 bits per heavy atom. The SMILES string of the molecule is CNS(=O)(=O)c1ccc(NC(=O)CCc2cccc(OC)c2OC)cc1. The van der Waals surface area contributed by atoms with Crippen molar-refractivity contribution in [2.75, 3.05) is 26.6 Å². The van der Waals surface area contributed by atoms with Gasteiger partial charge in [-0.05, 0) is 49.4 Å². The normalized spacial score (nSPS) is 11.0. The fourth-order valence-corrected chi connectivity index (χ4v) is 3.19. The minimum atomic E-state index is -3.49. The van der Waals surface area contributed by atoms with Crippen LogP contribution in [0.4, 0.5) is 5.69 Å². The molecule has 0 atom stereocenters. The summed E-state index contributed by atoms with van der Waals surface area (Å²) >= 11 is 0. The number of carbonyl (C=O) groups excluding carboxylic acids is 1. The van der Waals surface area contributed by atoms with Crippen molar-refractivity contribution < 1.29 is 22.7 Å². The fraction of sp³-hybridized carbons (Fsp3) is 0.278. The number of carbonyl (C=O) groups is 1. The zero-order valence-corrected chi connectivity index (χ0v) is 15.7. The molecule has 2 aromatic carbocycles. The van der Waals surface area contributed by atoms with Gasteiger partial charge in [0, 0.05) is 12.1 Å². The number of rotatable bonds is 8. The lowest BCUT2D eigenvalue weighted by Crippen LogP contribution is -2.18. The van der Waals surface area contributed by atoms with Crippen LogP contribution in [0.15, 0.2) is 47.4 Å². The smallest absolute Gasteiger partial charge is 0.240 e. The molecule has 0 aliphatic heterocycles. The summed E-state index contributed by atoms with van der Waals surface area (Å²) < 4.78 is 36.2. The van der Waals surface area contributed by atoms with E-state index in [1.807, 2.05) is 12.1 Å². The molecule has 8 heteroatoms. The molecule has 140 valence electrons. The Morgan fingerprint density at radius 1 is 1.04 bits per heavy atom. The standard InChI is InChI=1S/C18H22N2O5S/c1-19-26(22,23)15-10-8-14(9-11-15)20-17(21)12-7-13-5-4-6-16(24-2)18(13)25-3/h4-6,8-11,19H,7,12H2,1-3H3,(H,20,21). The molecule has 0 saturated heterocycles. The molecule has 0 aromatic heterocycles. The van der Waals surface area contributed by atoms with Gasteiger partial charge in [0.1, 0.15) is 0 Å². The molecule has 0 aliphatic carbocycles. The maximum Gasteiger partial charge on any atom is 0.240 e. The van der Waals surface area contributed by atoms with Gasteiger partial charge >= 0.3 is 0 Å². The van der Waals surface area contributed by atoms with Crippen LogP contribution in [0.1, 0.15) is 12.0 Å². The zero-order chi connectivity index (χ0) is 19.2. The van der Waals surface area contributed by atoms with Gasteiger partial charge in [0.05, 0.1) is 19.1 Å². The van der Waals surface area contributed by atoms with Gasteiger partial charge in [-0.25, -0.2) is 13.1 Å². The molecule has 1 amide bonds. The summed E-state index contributed by atoms with van der Waals surface area (Å²) in [6.07, 6.45) is 0.735. The van der Waals surface area contributed by atoms with Crippen molar-refractivity contribution in [2.24, 2.45) is 0 Å². The molecule has 0 aliphatic rings. The van der Waals surface area contributed by atoms with Crippen LogP contribution in [0.25, 0.3) is 0 Å². The van der Waals surface area contributed by atoms with Crippen LogP contribution in [-0.2, 0) is 21.2 Å². The molecule has 0 heterocycles. The number of benzene rings is 2. The van der Waals surface area contributed by atoms with Crippen LogP contribution in [-0.4, -0.2) is 35.6 Å². The van der Waals surface area contributed by atoms with E-state index in [9.17, 15) is 13.2 Å². The van der Waals surface area contributed by atoms with Crippen LogP contribution in [0.5, 0.6) is 11.5 Å². The predicted molar refractivity (Wildman–Crippen MR) is 99.2 cm³/mol. The summed E-state index contributed by atoms with van der Waals surface area (Å²) in [5.41, 5.74) is 1.40. The van der Waals surface area contributed by atoms with E-state index in [0.29, 0.717) is 23.6 Å². The maximum atomic E-state index is 12.2. The number of hydrogen-bond donors (Lipinski definition) is 2. The quantitative estimate of drug-likeness (QED) is 0.734. The number of sulfonamides is 1. The number of para-hydroxylation sites is 1. The Bertz CT molecular complexity index is 864. The third-order valence-corrected chi connectivity index (χ3v) is 5.25. The van der Waals surface area contributed by atoms with E-state index in [4.69, 9.17) is 9.47 Å². The first-order valence-corrected chi connectivity index (χ1v) is 9.43. The predicted octanol–water partition coefficient (Wildman–Crippen LogP) is 2.18. The van der Waals surface area contributed by atoms with Crippen molar-refractivity contribution in [3.05, 3.63) is 48.0 Å². The topological polar surface area (TPSA) is 93.7 Å². The molecule has 2 N–H and O–H groups in total. The van der Waals surface area contributed by atoms with E-state index in [-0.39, 0.29) is 17.2 Å². The van der Waals surface area contributed by atoms with Crippen LogP contribution in [0, 0.1) is 0 Å². The Kier molecular flexibility index (Phi) is 6.59. The molecule has 0 unspecified atom stereocenters. The van der Waals surface area contributed by atoms with Gasteiger partial charge in [-0.15, -0.1) is 0 Å². The summed E-state index contributed by atoms with van der Waals surface area (Å²) in [5, 5.41) is 2.75. The number of nitrogens with one attached hydrogen (secondary N) is 2. The molecule has 26 heavy (non-hydrogen) atoms. The van der Waals surface area contributed by atoms with Crippen molar-refractivity contribution in [3.63, 3.8) is 0 Å². The Morgan fingerprint density at radius 2 is 1.73 bits per heavy atom. The monoisotopic (exact) mass is 378 g/mol. The lowest BCUT2D eigenvalue weighted by Gasteiger charge is -2.12. The molecule has 0 saturated carbocycles. The van der Waals surface area contributed by atoms with Crippen molar-refractivity contribution >= 4 is 21.6 Å². The first-order chi connectivity index (χ1) is 12.4. The van der Waals surface area contributed by atoms with E-state index < -0.39 is 10.0 Å². The second-order valence-corrected chi connectivity index (χ2v) is 7.32. The summed E-state index contributed by atoms with van der Waals surface area (Å²) in [7, 11) is 0.972. The van der Waals surface area contributed by atoms with Crippen molar-refractivity contribution in [1.82, 2.24) is 4.72 Å². The van der Waals surface area contributed by atoms with Gasteiger partial charge in [0.15, 0.2) is 11.5 Å². The summed E-state index contributed by atoms with van der Waals surface area (Å²) in [4.78, 5) is 12.3. The van der Waals surface area contributed by atoms with Crippen molar-refractivity contribution in [2.45, 2.75) is 17.7 Å². The average Bonchev–Trinajstić information content (AvgIpc) is 2.66. The van der Waals surface area contributed by atoms with Gasteiger partial charge < -0.3 is 14.8 Å². The van der Waals surface area contributed by atoms with Crippen molar-refractivity contribution in [3.8, 4) is 11.5 Å². The number of methoxy groups -OCH3 is 2. The maximum absolute atomic E-state index is 12.2. The fourth-order valence-electron chi connectivity index (χ4n) is 2.46. The van der Waals surface area contributed by atoms with Gasteiger partial charge in [-0.3, -0.25) is 4.79 Å². The summed E-state index contributed by atoms with van der Waals surface area (Å²) in [6.45, 7) is 0. The third-order valence-electron chi connectivity index (χ3n) is 3.82. The minimum Gasteiger partial charge on any atom is -0.493 e. The Labute approximate surface area is 153 Å². The number of aryl methyl sites for hydroxylation is 1. The summed E-state index contributed by atoms with van der Waals surface area (Å²) in [6, 6.07) is 11.5. The van der Waals surface area contributed by atoms with Crippen LogP contribution in [0.3, 0.4) is 0 Å². The number of anilines is 1. The Balaban J connectivity index is 2.00. The van der Waals surface area contributed by atoms with Gasteiger partial charge in [0.2, 0.25) is 15.9 Å². The zero-order valence-electron chi connectivity index (χ0n) is 14.9. The van der Waals surface area contributed by atoms with Crippen LogP contribution in [0.2, 0.25) is 0 Å². The molecular weight excluding hydrogens is 356 g/mol.